The number of carbonyl (C=O) groups is 1. The minimum atomic E-state index is 0.116. The second kappa shape index (κ2) is 6.03. The highest BCUT2D eigenvalue weighted by atomic mass is 16.2. The number of rotatable bonds is 2. The van der Waals surface area contributed by atoms with Crippen molar-refractivity contribution in [3.05, 3.63) is 65.1 Å². The first-order chi connectivity index (χ1) is 12.1. The van der Waals surface area contributed by atoms with E-state index in [1.165, 1.54) is 11.3 Å². The van der Waals surface area contributed by atoms with E-state index < -0.39 is 0 Å². The van der Waals surface area contributed by atoms with Crippen molar-refractivity contribution in [3.63, 3.8) is 0 Å². The molecule has 128 valence electrons. The number of hydrogen-bond donors (Lipinski definition) is 0. The minimum Gasteiger partial charge on any atom is -0.348 e. The van der Waals surface area contributed by atoms with Crippen molar-refractivity contribution in [2.24, 2.45) is 0 Å². The lowest BCUT2D eigenvalue weighted by molar-refractivity contribution is -0.133. The van der Waals surface area contributed by atoms with E-state index in [0.717, 1.165) is 35.2 Å². The highest BCUT2D eigenvalue weighted by Gasteiger charge is 2.28. The van der Waals surface area contributed by atoms with E-state index in [4.69, 9.17) is 4.98 Å². The van der Waals surface area contributed by atoms with Gasteiger partial charge in [0.2, 0.25) is 5.91 Å². The lowest BCUT2D eigenvalue weighted by atomic mass is 9.98. The molecule has 0 N–H and O–H groups in total. The van der Waals surface area contributed by atoms with Gasteiger partial charge in [0.1, 0.15) is 0 Å². The standard InChI is InChI=1S/C21H23N3O/c1-14-17-7-4-5-8-19(17)22-15(2)18(14)13-21(25)24-12-11-23-10-6-9-20(23)16(24)3/h4-10,16H,11-13H2,1-3H3/t16-/m1/s1. The molecule has 0 fully saturated rings. The van der Waals surface area contributed by atoms with Crippen molar-refractivity contribution in [2.75, 3.05) is 6.54 Å². The van der Waals surface area contributed by atoms with Gasteiger partial charge in [-0.2, -0.15) is 0 Å². The summed E-state index contributed by atoms with van der Waals surface area (Å²) in [5.74, 6) is 0.184. The Morgan fingerprint density at radius 3 is 2.80 bits per heavy atom. The highest BCUT2D eigenvalue weighted by Crippen LogP contribution is 2.28. The number of aromatic nitrogens is 2. The Morgan fingerprint density at radius 2 is 1.96 bits per heavy atom. The maximum absolute atomic E-state index is 13.0. The van der Waals surface area contributed by atoms with Crippen LogP contribution < -0.4 is 0 Å². The van der Waals surface area contributed by atoms with Gasteiger partial charge >= 0.3 is 0 Å². The SMILES string of the molecule is Cc1nc2ccccc2c(C)c1CC(=O)N1CCn2cccc2[C@H]1C. The molecule has 3 aromatic rings. The quantitative estimate of drug-likeness (QED) is 0.715. The predicted octanol–water partition coefficient (Wildman–Crippen LogP) is 3.80. The number of amides is 1. The number of hydrogen-bond acceptors (Lipinski definition) is 2. The predicted molar refractivity (Wildman–Crippen MR) is 99.5 cm³/mol. The van der Waals surface area contributed by atoms with Gasteiger partial charge in [-0.05, 0) is 50.1 Å². The van der Waals surface area contributed by atoms with Crippen molar-refractivity contribution in [2.45, 2.75) is 39.8 Å². The van der Waals surface area contributed by atoms with E-state index in [2.05, 4.69) is 42.8 Å². The van der Waals surface area contributed by atoms with Crippen LogP contribution in [0, 0.1) is 13.8 Å². The van der Waals surface area contributed by atoms with E-state index in [1.54, 1.807) is 0 Å². The summed E-state index contributed by atoms with van der Waals surface area (Å²) in [5, 5.41) is 1.14. The lowest BCUT2D eigenvalue weighted by Crippen LogP contribution is -2.41. The largest absolute Gasteiger partial charge is 0.348 e. The second-order valence-electron chi connectivity index (χ2n) is 6.88. The fraction of sp³-hybridized carbons (Fsp3) is 0.333. The van der Waals surface area contributed by atoms with Crippen LogP contribution in [0.4, 0.5) is 0 Å². The molecule has 0 saturated heterocycles. The summed E-state index contributed by atoms with van der Waals surface area (Å²) in [5.41, 5.74) is 5.40. The molecule has 0 unspecified atom stereocenters. The summed E-state index contributed by atoms with van der Waals surface area (Å²) >= 11 is 0. The Bertz CT molecular complexity index is 957. The van der Waals surface area contributed by atoms with Gasteiger partial charge in [0.15, 0.2) is 0 Å². The van der Waals surface area contributed by atoms with Gasteiger partial charge in [0, 0.05) is 36.1 Å². The topological polar surface area (TPSA) is 38.1 Å². The molecule has 1 atom stereocenters. The maximum Gasteiger partial charge on any atom is 0.227 e. The molecule has 1 aromatic carbocycles. The van der Waals surface area contributed by atoms with E-state index in [1.807, 2.05) is 30.0 Å². The van der Waals surface area contributed by atoms with Crippen LogP contribution in [0.5, 0.6) is 0 Å². The van der Waals surface area contributed by atoms with Crippen LogP contribution in [-0.2, 0) is 17.8 Å². The Morgan fingerprint density at radius 1 is 1.16 bits per heavy atom. The van der Waals surface area contributed by atoms with Crippen LogP contribution in [0.3, 0.4) is 0 Å². The average molecular weight is 333 g/mol. The van der Waals surface area contributed by atoms with Crippen LogP contribution in [0.25, 0.3) is 10.9 Å². The molecule has 1 amide bonds. The first-order valence-corrected chi connectivity index (χ1v) is 8.85. The van der Waals surface area contributed by atoms with Gasteiger partial charge < -0.3 is 9.47 Å². The average Bonchev–Trinajstić information content (AvgIpc) is 3.08. The lowest BCUT2D eigenvalue weighted by Gasteiger charge is -2.35. The third kappa shape index (κ3) is 2.62. The van der Waals surface area contributed by atoms with Crippen LogP contribution in [0.15, 0.2) is 42.6 Å². The third-order valence-corrected chi connectivity index (χ3v) is 5.48. The molecule has 25 heavy (non-hydrogen) atoms. The summed E-state index contributed by atoms with van der Waals surface area (Å²) in [6, 6.07) is 12.4. The fourth-order valence-corrected chi connectivity index (χ4v) is 4.00. The Kier molecular flexibility index (Phi) is 3.83. The van der Waals surface area contributed by atoms with Crippen LogP contribution in [0.2, 0.25) is 0 Å². The molecule has 1 aliphatic heterocycles. The fourth-order valence-electron chi connectivity index (χ4n) is 4.00. The normalized spacial score (nSPS) is 16.9. The Hall–Kier alpha value is -2.62. The van der Waals surface area contributed by atoms with Crippen molar-refractivity contribution < 1.29 is 4.79 Å². The number of fused-ring (bicyclic) bond motifs is 2. The molecule has 3 heterocycles. The monoisotopic (exact) mass is 333 g/mol. The molecule has 0 radical (unpaired) electrons. The molecule has 0 saturated carbocycles. The van der Waals surface area contributed by atoms with Gasteiger partial charge in [-0.3, -0.25) is 9.78 Å². The number of pyridine rings is 1. The van der Waals surface area contributed by atoms with Gasteiger partial charge in [-0.25, -0.2) is 0 Å². The molecule has 4 rings (SSSR count). The van der Waals surface area contributed by atoms with E-state index in [9.17, 15) is 4.79 Å². The molecule has 4 heteroatoms. The summed E-state index contributed by atoms with van der Waals surface area (Å²) in [6.45, 7) is 7.85. The van der Waals surface area contributed by atoms with E-state index >= 15 is 0 Å². The number of carbonyl (C=O) groups excluding carboxylic acids is 1. The summed E-state index contributed by atoms with van der Waals surface area (Å²) in [4.78, 5) is 19.7. The van der Waals surface area contributed by atoms with Gasteiger partial charge in [-0.15, -0.1) is 0 Å². The van der Waals surface area contributed by atoms with Gasteiger partial charge in [0.05, 0.1) is 18.0 Å². The molecule has 0 bridgehead atoms. The summed E-state index contributed by atoms with van der Waals surface area (Å²) < 4.78 is 2.24. The minimum absolute atomic E-state index is 0.116. The maximum atomic E-state index is 13.0. The zero-order chi connectivity index (χ0) is 17.6. The summed E-state index contributed by atoms with van der Waals surface area (Å²) in [7, 11) is 0. The second-order valence-corrected chi connectivity index (χ2v) is 6.88. The van der Waals surface area contributed by atoms with Crippen LogP contribution in [0.1, 0.15) is 35.5 Å². The van der Waals surface area contributed by atoms with Crippen molar-refractivity contribution in [3.8, 4) is 0 Å². The van der Waals surface area contributed by atoms with Crippen molar-refractivity contribution in [1.29, 1.82) is 0 Å². The number of nitrogens with zero attached hydrogens (tertiary/aromatic N) is 3. The van der Waals surface area contributed by atoms with Gasteiger partial charge in [0.25, 0.3) is 0 Å². The van der Waals surface area contributed by atoms with E-state index in [-0.39, 0.29) is 11.9 Å². The smallest absolute Gasteiger partial charge is 0.227 e. The molecular formula is C21H23N3O. The van der Waals surface area contributed by atoms with Crippen molar-refractivity contribution in [1.82, 2.24) is 14.5 Å². The number of benzene rings is 1. The zero-order valence-electron chi connectivity index (χ0n) is 15.0. The number of para-hydroxylation sites is 1. The van der Waals surface area contributed by atoms with Crippen LogP contribution >= 0.6 is 0 Å². The highest BCUT2D eigenvalue weighted by molar-refractivity contribution is 5.86. The third-order valence-electron chi connectivity index (χ3n) is 5.48. The Balaban J connectivity index is 1.64. The van der Waals surface area contributed by atoms with Crippen LogP contribution in [-0.4, -0.2) is 26.9 Å². The molecule has 1 aliphatic rings. The molecule has 4 nitrogen and oxygen atoms in total. The molecule has 0 aliphatic carbocycles. The zero-order valence-corrected chi connectivity index (χ0v) is 15.0. The summed E-state index contributed by atoms with van der Waals surface area (Å²) in [6.07, 6.45) is 2.51. The first kappa shape index (κ1) is 15.9. The first-order valence-electron chi connectivity index (χ1n) is 8.85. The number of aryl methyl sites for hydroxylation is 2. The van der Waals surface area contributed by atoms with E-state index in [0.29, 0.717) is 6.42 Å². The van der Waals surface area contributed by atoms with Gasteiger partial charge in [-0.1, -0.05) is 18.2 Å². The molecule has 2 aromatic heterocycles. The molecule has 0 spiro atoms. The Labute approximate surface area is 148 Å². The molecular weight excluding hydrogens is 310 g/mol. The van der Waals surface area contributed by atoms with Crippen molar-refractivity contribution >= 4 is 16.8 Å².